The minimum Gasteiger partial charge on any atom is -0.384 e. The van der Waals surface area contributed by atoms with Gasteiger partial charge in [-0.25, -0.2) is 0 Å². The molecule has 0 spiro atoms. The molecule has 0 unspecified atom stereocenters. The highest BCUT2D eigenvalue weighted by molar-refractivity contribution is 9.10. The molecule has 1 aromatic carbocycles. The van der Waals surface area contributed by atoms with Gasteiger partial charge in [-0.1, -0.05) is 29.8 Å². The van der Waals surface area contributed by atoms with Crippen LogP contribution in [0.4, 0.5) is 5.69 Å². The van der Waals surface area contributed by atoms with Gasteiger partial charge in [-0.3, -0.25) is 0 Å². The number of benzene rings is 1. The van der Waals surface area contributed by atoms with Crippen molar-refractivity contribution < 1.29 is 0 Å². The first kappa shape index (κ1) is 13.5. The lowest BCUT2D eigenvalue weighted by Crippen LogP contribution is -2.26. The zero-order valence-corrected chi connectivity index (χ0v) is 11.9. The van der Waals surface area contributed by atoms with E-state index in [4.69, 9.17) is 5.73 Å². The van der Waals surface area contributed by atoms with Crippen LogP contribution in [-0.4, -0.2) is 13.1 Å². The second kappa shape index (κ2) is 5.69. The lowest BCUT2D eigenvalue weighted by atomic mass is 9.89. The Bertz CT molecular complexity index is 348. The van der Waals surface area contributed by atoms with Crippen LogP contribution in [0.15, 0.2) is 22.7 Å². The molecule has 0 heterocycles. The number of aryl methyl sites for hydroxylation is 1. The van der Waals surface area contributed by atoms with E-state index >= 15 is 0 Å². The average Bonchev–Trinajstić information content (AvgIpc) is 2.20. The molecule has 0 amide bonds. The van der Waals surface area contributed by atoms with Crippen molar-refractivity contribution >= 4 is 21.6 Å². The largest absolute Gasteiger partial charge is 0.384 e. The maximum absolute atomic E-state index is 5.59. The van der Waals surface area contributed by atoms with Gasteiger partial charge in [-0.2, -0.15) is 0 Å². The lowest BCUT2D eigenvalue weighted by molar-refractivity contribution is 0.365. The van der Waals surface area contributed by atoms with Crippen molar-refractivity contribution in [3.05, 3.63) is 28.2 Å². The highest BCUT2D eigenvalue weighted by Gasteiger charge is 2.16. The van der Waals surface area contributed by atoms with Gasteiger partial charge in [0, 0.05) is 16.7 Å². The Morgan fingerprint density at radius 2 is 2.06 bits per heavy atom. The fraction of sp³-hybridized carbons (Fsp3) is 0.538. The number of anilines is 1. The molecule has 0 aliphatic heterocycles. The van der Waals surface area contributed by atoms with Crippen LogP contribution >= 0.6 is 15.9 Å². The molecule has 0 atom stereocenters. The van der Waals surface area contributed by atoms with Crippen LogP contribution in [0.1, 0.15) is 25.8 Å². The van der Waals surface area contributed by atoms with Crippen molar-refractivity contribution in [2.24, 2.45) is 11.1 Å². The van der Waals surface area contributed by atoms with Crippen molar-refractivity contribution in [1.29, 1.82) is 0 Å². The van der Waals surface area contributed by atoms with E-state index in [1.54, 1.807) is 0 Å². The number of rotatable bonds is 5. The van der Waals surface area contributed by atoms with Gasteiger partial charge < -0.3 is 11.1 Å². The number of hydrogen-bond acceptors (Lipinski definition) is 2. The smallest absolute Gasteiger partial charge is 0.0343 e. The minimum atomic E-state index is 0.246. The molecule has 90 valence electrons. The summed E-state index contributed by atoms with van der Waals surface area (Å²) in [5.41, 5.74) is 8.26. The Morgan fingerprint density at radius 3 is 2.62 bits per heavy atom. The van der Waals surface area contributed by atoms with Crippen molar-refractivity contribution in [3.8, 4) is 0 Å². The van der Waals surface area contributed by atoms with Crippen LogP contribution in [0.25, 0.3) is 0 Å². The van der Waals surface area contributed by atoms with Gasteiger partial charge in [0.15, 0.2) is 0 Å². The molecule has 0 aliphatic rings. The third-order valence-corrected chi connectivity index (χ3v) is 3.64. The Hall–Kier alpha value is -0.540. The Kier molecular flexibility index (Phi) is 4.81. The van der Waals surface area contributed by atoms with Crippen LogP contribution in [0.2, 0.25) is 0 Å². The molecule has 2 nitrogen and oxygen atoms in total. The topological polar surface area (TPSA) is 38.0 Å². The van der Waals surface area contributed by atoms with E-state index < -0.39 is 0 Å². The summed E-state index contributed by atoms with van der Waals surface area (Å²) in [7, 11) is 0. The molecule has 0 radical (unpaired) electrons. The first-order valence-corrected chi connectivity index (χ1v) is 6.44. The van der Waals surface area contributed by atoms with Crippen molar-refractivity contribution in [2.45, 2.75) is 27.2 Å². The molecule has 0 fully saturated rings. The zero-order chi connectivity index (χ0) is 12.2. The Morgan fingerprint density at radius 1 is 1.38 bits per heavy atom. The molecule has 0 bridgehead atoms. The number of hydrogen-bond donors (Lipinski definition) is 2. The second-order valence-electron chi connectivity index (χ2n) is 5.02. The number of nitrogens with one attached hydrogen (secondary N) is 1. The predicted molar refractivity (Wildman–Crippen MR) is 74.8 cm³/mol. The standard InChI is InChI=1S/C13H21BrN2/c1-10-8-11(4-5-12(10)14)16-9-13(2,3)6-7-15/h4-5,8,16H,6-7,9,15H2,1-3H3. The van der Waals surface area contributed by atoms with E-state index in [-0.39, 0.29) is 5.41 Å². The summed E-state index contributed by atoms with van der Waals surface area (Å²) < 4.78 is 1.15. The predicted octanol–water partition coefficient (Wildman–Crippen LogP) is 3.54. The molecule has 16 heavy (non-hydrogen) atoms. The lowest BCUT2D eigenvalue weighted by Gasteiger charge is -2.25. The molecule has 1 rings (SSSR count). The monoisotopic (exact) mass is 284 g/mol. The fourth-order valence-corrected chi connectivity index (χ4v) is 1.82. The van der Waals surface area contributed by atoms with Gasteiger partial charge in [0.1, 0.15) is 0 Å². The molecule has 0 saturated carbocycles. The van der Waals surface area contributed by atoms with Gasteiger partial charge in [-0.15, -0.1) is 0 Å². The quantitative estimate of drug-likeness (QED) is 0.868. The van der Waals surface area contributed by atoms with E-state index in [0.717, 1.165) is 24.0 Å². The molecular formula is C13H21BrN2. The summed E-state index contributed by atoms with van der Waals surface area (Å²) in [6.07, 6.45) is 1.04. The maximum Gasteiger partial charge on any atom is 0.0343 e. The minimum absolute atomic E-state index is 0.246. The van der Waals surface area contributed by atoms with Crippen LogP contribution in [0.3, 0.4) is 0 Å². The van der Waals surface area contributed by atoms with Gasteiger partial charge in [0.25, 0.3) is 0 Å². The van der Waals surface area contributed by atoms with E-state index in [1.165, 1.54) is 11.3 Å². The summed E-state index contributed by atoms with van der Waals surface area (Å²) in [5.74, 6) is 0. The Labute approximate surface area is 107 Å². The third-order valence-electron chi connectivity index (χ3n) is 2.75. The molecule has 3 heteroatoms. The number of nitrogens with two attached hydrogens (primary N) is 1. The zero-order valence-electron chi connectivity index (χ0n) is 10.3. The second-order valence-corrected chi connectivity index (χ2v) is 5.87. The molecular weight excluding hydrogens is 264 g/mol. The summed E-state index contributed by atoms with van der Waals surface area (Å²) in [5, 5.41) is 3.46. The summed E-state index contributed by atoms with van der Waals surface area (Å²) in [6.45, 7) is 8.26. The van der Waals surface area contributed by atoms with Crippen LogP contribution < -0.4 is 11.1 Å². The Balaban J connectivity index is 2.57. The SMILES string of the molecule is Cc1cc(NCC(C)(C)CCN)ccc1Br. The van der Waals surface area contributed by atoms with Gasteiger partial charge in [0.05, 0.1) is 0 Å². The average molecular weight is 285 g/mol. The highest BCUT2D eigenvalue weighted by atomic mass is 79.9. The van der Waals surface area contributed by atoms with Crippen LogP contribution in [0.5, 0.6) is 0 Å². The molecule has 0 aliphatic carbocycles. The van der Waals surface area contributed by atoms with Gasteiger partial charge >= 0.3 is 0 Å². The van der Waals surface area contributed by atoms with Crippen molar-refractivity contribution in [2.75, 3.05) is 18.4 Å². The summed E-state index contributed by atoms with van der Waals surface area (Å²) in [4.78, 5) is 0. The first-order chi connectivity index (χ1) is 7.44. The summed E-state index contributed by atoms with van der Waals surface area (Å²) >= 11 is 3.50. The fourth-order valence-electron chi connectivity index (χ4n) is 1.58. The summed E-state index contributed by atoms with van der Waals surface area (Å²) in [6, 6.07) is 6.33. The normalized spacial score (nSPS) is 11.6. The van der Waals surface area contributed by atoms with E-state index in [0.29, 0.717) is 0 Å². The molecule has 0 saturated heterocycles. The molecule has 0 aromatic heterocycles. The van der Waals surface area contributed by atoms with E-state index in [1.807, 2.05) is 0 Å². The van der Waals surface area contributed by atoms with Crippen molar-refractivity contribution in [1.82, 2.24) is 0 Å². The van der Waals surface area contributed by atoms with Gasteiger partial charge in [0.2, 0.25) is 0 Å². The van der Waals surface area contributed by atoms with Crippen molar-refractivity contribution in [3.63, 3.8) is 0 Å². The van der Waals surface area contributed by atoms with E-state index in [9.17, 15) is 0 Å². The molecule has 3 N–H and O–H groups in total. The maximum atomic E-state index is 5.59. The first-order valence-electron chi connectivity index (χ1n) is 5.65. The van der Waals surface area contributed by atoms with Gasteiger partial charge in [-0.05, 0) is 49.1 Å². The highest BCUT2D eigenvalue weighted by Crippen LogP contribution is 2.23. The van der Waals surface area contributed by atoms with Crippen LogP contribution in [-0.2, 0) is 0 Å². The van der Waals surface area contributed by atoms with E-state index in [2.05, 4.69) is 60.2 Å². The van der Waals surface area contributed by atoms with Crippen LogP contribution in [0, 0.1) is 12.3 Å². The number of halogens is 1. The molecule has 1 aromatic rings. The third kappa shape index (κ3) is 4.14.